The molecule has 2 saturated heterocycles. The van der Waals surface area contributed by atoms with Gasteiger partial charge in [0.15, 0.2) is 17.4 Å². The van der Waals surface area contributed by atoms with E-state index >= 15 is 0 Å². The summed E-state index contributed by atoms with van der Waals surface area (Å²) in [6.45, 7) is 1.12. The zero-order chi connectivity index (χ0) is 21.4. The second-order valence-electron chi connectivity index (χ2n) is 7.54. The Balaban J connectivity index is 1.41. The molecule has 1 amide bonds. The zero-order valence-electron chi connectivity index (χ0n) is 16.9. The van der Waals surface area contributed by atoms with Gasteiger partial charge in [-0.1, -0.05) is 0 Å². The maximum Gasteiger partial charge on any atom is 0.272 e. The molecule has 0 radical (unpaired) electrons. The van der Waals surface area contributed by atoms with Crippen molar-refractivity contribution in [3.63, 3.8) is 0 Å². The summed E-state index contributed by atoms with van der Waals surface area (Å²) in [5, 5.41) is 21.6. The number of methoxy groups -OCH3 is 1. The second-order valence-corrected chi connectivity index (χ2v) is 7.54. The first-order valence-electron chi connectivity index (χ1n) is 10.0. The molecule has 2 atom stereocenters. The third-order valence-corrected chi connectivity index (χ3v) is 5.86. The van der Waals surface area contributed by atoms with Crippen molar-refractivity contribution >= 4 is 11.7 Å². The van der Waals surface area contributed by atoms with Gasteiger partial charge in [0.05, 0.1) is 18.9 Å². The summed E-state index contributed by atoms with van der Waals surface area (Å²) in [6, 6.07) is 9.24. The van der Waals surface area contributed by atoms with Crippen molar-refractivity contribution in [1.29, 1.82) is 5.26 Å². The number of carbonyl (C=O) groups is 1. The van der Waals surface area contributed by atoms with E-state index in [9.17, 15) is 10.1 Å². The van der Waals surface area contributed by atoms with E-state index in [1.807, 2.05) is 4.90 Å². The van der Waals surface area contributed by atoms with E-state index in [1.54, 1.807) is 50.0 Å². The van der Waals surface area contributed by atoms with Crippen molar-refractivity contribution in [2.75, 3.05) is 25.1 Å². The van der Waals surface area contributed by atoms with Gasteiger partial charge in [0.25, 0.3) is 5.91 Å². The number of aromatic nitrogens is 5. The molecule has 0 aromatic carbocycles. The molecule has 10 heteroatoms. The number of carbonyl (C=O) groups excluding carboxylic acids is 1. The topological polar surface area (TPSA) is 113 Å². The van der Waals surface area contributed by atoms with Crippen molar-refractivity contribution in [3.05, 3.63) is 54.1 Å². The summed E-state index contributed by atoms with van der Waals surface area (Å²) < 4.78 is 7.03. The lowest BCUT2D eigenvalue weighted by Gasteiger charge is -2.42. The zero-order valence-corrected chi connectivity index (χ0v) is 16.9. The van der Waals surface area contributed by atoms with Crippen LogP contribution in [0.3, 0.4) is 0 Å². The molecule has 2 unspecified atom stereocenters. The number of rotatable bonds is 4. The van der Waals surface area contributed by atoms with Gasteiger partial charge in [-0.2, -0.15) is 15.5 Å². The highest BCUT2D eigenvalue weighted by atomic mass is 16.5. The first-order valence-corrected chi connectivity index (χ1v) is 10.0. The van der Waals surface area contributed by atoms with Gasteiger partial charge in [-0.05, 0) is 37.1 Å². The number of nitrogens with zero attached hydrogens (tertiary/aromatic N) is 8. The van der Waals surface area contributed by atoms with E-state index < -0.39 is 0 Å². The van der Waals surface area contributed by atoms with Crippen LogP contribution >= 0.6 is 0 Å². The quantitative estimate of drug-likeness (QED) is 0.628. The number of hydrogen-bond donors (Lipinski definition) is 0. The standard InChI is InChI=1S/C21H20N8O2/c1-31-19-14(11-22)6-9-23-20(19)28-15-4-5-16(28)13-27(12-15)21(30)17-7-10-25-29(17)18-3-2-8-24-26-18/h2-3,6-10,15-16H,4-5,12-13H2,1H3. The number of nitriles is 1. The predicted molar refractivity (Wildman–Crippen MR) is 110 cm³/mol. The normalized spacial score (nSPS) is 19.9. The molecule has 2 aliphatic heterocycles. The lowest BCUT2D eigenvalue weighted by molar-refractivity contribution is 0.0707. The number of fused-ring (bicyclic) bond motifs is 2. The van der Waals surface area contributed by atoms with Crippen molar-refractivity contribution < 1.29 is 9.53 Å². The molecule has 2 aliphatic rings. The number of hydrogen-bond acceptors (Lipinski definition) is 8. The number of likely N-dealkylation sites (tertiary alicyclic amines) is 1. The van der Waals surface area contributed by atoms with Crippen molar-refractivity contribution in [2.24, 2.45) is 0 Å². The SMILES string of the molecule is COc1c(C#N)ccnc1N1C2CCC1CN(C(=O)c1ccnn1-c1cccnn1)C2. The number of ether oxygens (including phenoxy) is 1. The van der Waals surface area contributed by atoms with Crippen LogP contribution in [0.1, 0.15) is 28.9 Å². The molecule has 31 heavy (non-hydrogen) atoms. The van der Waals surface area contributed by atoms with Gasteiger partial charge >= 0.3 is 0 Å². The Morgan fingerprint density at radius 3 is 2.65 bits per heavy atom. The molecule has 10 nitrogen and oxygen atoms in total. The lowest BCUT2D eigenvalue weighted by atomic mass is 10.1. The van der Waals surface area contributed by atoms with Gasteiger partial charge in [0.2, 0.25) is 0 Å². The predicted octanol–water partition coefficient (Wildman–Crippen LogP) is 1.43. The van der Waals surface area contributed by atoms with Crippen LogP contribution in [0.4, 0.5) is 5.82 Å². The fourth-order valence-corrected chi connectivity index (χ4v) is 4.54. The molecule has 2 bridgehead atoms. The van der Waals surface area contributed by atoms with Crippen LogP contribution in [0.2, 0.25) is 0 Å². The Bertz CT molecular complexity index is 1140. The van der Waals surface area contributed by atoms with Crippen molar-refractivity contribution in [2.45, 2.75) is 24.9 Å². The molecule has 3 aromatic heterocycles. The molecular formula is C21H20N8O2. The maximum atomic E-state index is 13.4. The Morgan fingerprint density at radius 2 is 1.97 bits per heavy atom. The molecule has 0 spiro atoms. The molecule has 3 aromatic rings. The van der Waals surface area contributed by atoms with E-state index in [4.69, 9.17) is 4.74 Å². The fourth-order valence-electron chi connectivity index (χ4n) is 4.54. The summed E-state index contributed by atoms with van der Waals surface area (Å²) in [4.78, 5) is 21.9. The average molecular weight is 416 g/mol. The monoisotopic (exact) mass is 416 g/mol. The lowest BCUT2D eigenvalue weighted by Crippen LogP contribution is -2.56. The number of anilines is 1. The van der Waals surface area contributed by atoms with E-state index in [2.05, 4.69) is 31.2 Å². The van der Waals surface area contributed by atoms with Gasteiger partial charge in [0.1, 0.15) is 11.8 Å². The molecule has 156 valence electrons. The van der Waals surface area contributed by atoms with Crippen LogP contribution in [0, 0.1) is 11.3 Å². The van der Waals surface area contributed by atoms with Crippen LogP contribution in [-0.4, -0.2) is 68.1 Å². The Kier molecular flexibility index (Phi) is 4.71. The minimum atomic E-state index is -0.0922. The van der Waals surface area contributed by atoms with Crippen LogP contribution in [0.5, 0.6) is 5.75 Å². The summed E-state index contributed by atoms with van der Waals surface area (Å²) in [7, 11) is 1.55. The summed E-state index contributed by atoms with van der Waals surface area (Å²) in [5.74, 6) is 1.57. The molecule has 0 saturated carbocycles. The highest BCUT2D eigenvalue weighted by molar-refractivity contribution is 5.93. The Labute approximate surface area is 178 Å². The van der Waals surface area contributed by atoms with E-state index in [1.165, 1.54) is 4.68 Å². The fraction of sp³-hybridized carbons (Fsp3) is 0.333. The van der Waals surface area contributed by atoms with Crippen molar-refractivity contribution in [1.82, 2.24) is 29.9 Å². The smallest absolute Gasteiger partial charge is 0.272 e. The molecule has 2 fully saturated rings. The van der Waals surface area contributed by atoms with Crippen LogP contribution in [0.25, 0.3) is 5.82 Å². The van der Waals surface area contributed by atoms with E-state index in [-0.39, 0.29) is 18.0 Å². The van der Waals surface area contributed by atoms with Crippen LogP contribution in [-0.2, 0) is 0 Å². The third-order valence-electron chi connectivity index (χ3n) is 5.86. The first kappa shape index (κ1) is 19.0. The number of amides is 1. The van der Waals surface area contributed by atoms with Gasteiger partial charge in [-0.3, -0.25) is 4.79 Å². The Morgan fingerprint density at radius 1 is 1.16 bits per heavy atom. The maximum absolute atomic E-state index is 13.4. The van der Waals surface area contributed by atoms with Crippen LogP contribution in [0.15, 0.2) is 42.9 Å². The first-order chi connectivity index (χ1) is 15.2. The molecule has 0 aliphatic carbocycles. The van der Waals surface area contributed by atoms with E-state index in [0.717, 1.165) is 12.8 Å². The van der Waals surface area contributed by atoms with Crippen molar-refractivity contribution in [3.8, 4) is 17.6 Å². The largest absolute Gasteiger partial charge is 0.492 e. The van der Waals surface area contributed by atoms with Gasteiger partial charge in [-0.25, -0.2) is 9.67 Å². The molecule has 0 N–H and O–H groups in total. The van der Waals surface area contributed by atoms with Gasteiger partial charge in [-0.15, -0.1) is 5.10 Å². The highest BCUT2D eigenvalue weighted by Crippen LogP contribution is 2.39. The summed E-state index contributed by atoms with van der Waals surface area (Å²) in [6.07, 6.45) is 6.69. The molecule has 5 heterocycles. The second kappa shape index (κ2) is 7.68. The van der Waals surface area contributed by atoms with E-state index in [0.29, 0.717) is 41.7 Å². The number of pyridine rings is 1. The molecular weight excluding hydrogens is 396 g/mol. The molecule has 5 rings (SSSR count). The van der Waals surface area contributed by atoms with Gasteiger partial charge in [0, 0.05) is 37.6 Å². The van der Waals surface area contributed by atoms with Crippen LogP contribution < -0.4 is 9.64 Å². The minimum absolute atomic E-state index is 0.0922. The third kappa shape index (κ3) is 3.15. The minimum Gasteiger partial charge on any atom is -0.492 e. The Hall–Kier alpha value is -4.00. The summed E-state index contributed by atoms with van der Waals surface area (Å²) >= 11 is 0. The highest BCUT2D eigenvalue weighted by Gasteiger charge is 2.43. The average Bonchev–Trinajstić information content (AvgIpc) is 3.40. The van der Waals surface area contributed by atoms with Gasteiger partial charge < -0.3 is 14.5 Å². The number of piperazine rings is 1. The summed E-state index contributed by atoms with van der Waals surface area (Å²) in [5.41, 5.74) is 0.911.